The van der Waals surface area contributed by atoms with Crippen LogP contribution < -0.4 is 10.2 Å². The van der Waals surface area contributed by atoms with E-state index in [4.69, 9.17) is 14.3 Å². The van der Waals surface area contributed by atoms with Crippen LogP contribution in [0.4, 0.5) is 0 Å². The van der Waals surface area contributed by atoms with Crippen LogP contribution in [0.25, 0.3) is 21.9 Å². The van der Waals surface area contributed by atoms with Crippen molar-refractivity contribution in [3.8, 4) is 5.75 Å². The molecule has 1 heterocycles. The Bertz CT molecular complexity index is 953. The summed E-state index contributed by atoms with van der Waals surface area (Å²) in [5, 5.41) is 9.85. The van der Waals surface area contributed by atoms with E-state index in [1.54, 1.807) is 44.4 Å². The molecule has 1 aromatic heterocycles. The molecule has 22 heavy (non-hydrogen) atoms. The van der Waals surface area contributed by atoms with Crippen LogP contribution >= 0.6 is 0 Å². The van der Waals surface area contributed by atoms with Gasteiger partial charge in [0.2, 0.25) is 5.43 Å². The number of aryl methyl sites for hydroxylation is 1. The second kappa shape index (κ2) is 5.18. The lowest BCUT2D eigenvalue weighted by Crippen LogP contribution is -2.07. The standard InChI is InChI=1S/C17H14O5/c1-9-13(21-2)7-6-12-15(20)11-5-3-4-10(8-14(18)19)17(11)22-16(9)12/h3-7H,8H2,1-2H3,(H,18,19). The lowest BCUT2D eigenvalue weighted by atomic mass is 10.0. The number of fused-ring (bicyclic) bond motifs is 2. The van der Waals surface area contributed by atoms with E-state index >= 15 is 0 Å². The topological polar surface area (TPSA) is 76.7 Å². The molecule has 0 amide bonds. The Balaban J connectivity index is 2.45. The highest BCUT2D eigenvalue weighted by Gasteiger charge is 2.15. The fourth-order valence-corrected chi connectivity index (χ4v) is 2.64. The van der Waals surface area contributed by atoms with E-state index in [0.717, 1.165) is 0 Å². The Hall–Kier alpha value is -2.82. The first-order valence-corrected chi connectivity index (χ1v) is 6.76. The quantitative estimate of drug-likeness (QED) is 0.752. The SMILES string of the molecule is COc1ccc2c(=O)c3cccc(CC(=O)O)c3oc2c1C. The Kier molecular flexibility index (Phi) is 3.33. The molecule has 0 aliphatic heterocycles. The van der Waals surface area contributed by atoms with Crippen LogP contribution in [0.2, 0.25) is 0 Å². The molecule has 3 rings (SSSR count). The molecule has 5 heteroatoms. The Morgan fingerprint density at radius 3 is 2.59 bits per heavy atom. The van der Waals surface area contributed by atoms with E-state index in [2.05, 4.69) is 0 Å². The van der Waals surface area contributed by atoms with Crippen LogP contribution in [0.3, 0.4) is 0 Å². The molecule has 5 nitrogen and oxygen atoms in total. The van der Waals surface area contributed by atoms with Crippen molar-refractivity contribution >= 4 is 27.9 Å². The van der Waals surface area contributed by atoms with Gasteiger partial charge in [-0.15, -0.1) is 0 Å². The first kappa shape index (κ1) is 14.1. The number of aliphatic carboxylic acids is 1. The Labute approximate surface area is 125 Å². The third-order valence-electron chi connectivity index (χ3n) is 3.71. The van der Waals surface area contributed by atoms with Crippen molar-refractivity contribution in [1.82, 2.24) is 0 Å². The predicted octanol–water partition coefficient (Wildman–Crippen LogP) is 2.89. The molecule has 0 spiro atoms. The summed E-state index contributed by atoms with van der Waals surface area (Å²) in [5.74, 6) is -0.358. The van der Waals surface area contributed by atoms with E-state index in [0.29, 0.717) is 38.8 Å². The number of para-hydroxylation sites is 1. The average molecular weight is 298 g/mol. The zero-order chi connectivity index (χ0) is 15.9. The fourth-order valence-electron chi connectivity index (χ4n) is 2.64. The molecule has 0 atom stereocenters. The van der Waals surface area contributed by atoms with E-state index in [-0.39, 0.29) is 11.8 Å². The summed E-state index contributed by atoms with van der Waals surface area (Å²) in [4.78, 5) is 23.6. The summed E-state index contributed by atoms with van der Waals surface area (Å²) in [6.45, 7) is 1.80. The minimum Gasteiger partial charge on any atom is -0.496 e. The van der Waals surface area contributed by atoms with Gasteiger partial charge in [0.15, 0.2) is 0 Å². The average Bonchev–Trinajstić information content (AvgIpc) is 2.49. The summed E-state index contributed by atoms with van der Waals surface area (Å²) in [6, 6.07) is 8.35. The van der Waals surface area contributed by atoms with Gasteiger partial charge in [-0.05, 0) is 25.1 Å². The van der Waals surface area contributed by atoms with E-state index < -0.39 is 5.97 Å². The van der Waals surface area contributed by atoms with Crippen molar-refractivity contribution < 1.29 is 19.1 Å². The number of carbonyl (C=O) groups is 1. The van der Waals surface area contributed by atoms with Crippen molar-refractivity contribution in [3.63, 3.8) is 0 Å². The van der Waals surface area contributed by atoms with Gasteiger partial charge in [-0.25, -0.2) is 0 Å². The highest BCUT2D eigenvalue weighted by Crippen LogP contribution is 2.29. The van der Waals surface area contributed by atoms with Crippen molar-refractivity contribution in [1.29, 1.82) is 0 Å². The van der Waals surface area contributed by atoms with E-state index in [1.807, 2.05) is 0 Å². The Morgan fingerprint density at radius 2 is 1.91 bits per heavy atom. The zero-order valence-corrected chi connectivity index (χ0v) is 12.2. The van der Waals surface area contributed by atoms with Gasteiger partial charge in [-0.1, -0.05) is 12.1 Å². The van der Waals surface area contributed by atoms with Gasteiger partial charge in [0, 0.05) is 11.1 Å². The van der Waals surface area contributed by atoms with Crippen LogP contribution in [0.15, 0.2) is 39.5 Å². The first-order valence-electron chi connectivity index (χ1n) is 6.76. The smallest absolute Gasteiger partial charge is 0.307 e. The van der Waals surface area contributed by atoms with Crippen LogP contribution in [0.1, 0.15) is 11.1 Å². The molecule has 0 fully saturated rings. The van der Waals surface area contributed by atoms with Crippen molar-refractivity contribution in [2.24, 2.45) is 0 Å². The maximum Gasteiger partial charge on any atom is 0.307 e. The molecule has 112 valence electrons. The second-order valence-electron chi connectivity index (χ2n) is 5.07. The molecule has 0 saturated heterocycles. The monoisotopic (exact) mass is 298 g/mol. The third-order valence-corrected chi connectivity index (χ3v) is 3.71. The summed E-state index contributed by atoms with van der Waals surface area (Å²) in [7, 11) is 1.54. The maximum absolute atomic E-state index is 12.6. The largest absolute Gasteiger partial charge is 0.496 e. The molecule has 0 bridgehead atoms. The number of ether oxygens (including phenoxy) is 1. The number of carboxylic acid groups (broad SMARTS) is 1. The molecule has 0 aliphatic carbocycles. The van der Waals surface area contributed by atoms with Gasteiger partial charge in [0.1, 0.15) is 16.9 Å². The minimum absolute atomic E-state index is 0.172. The van der Waals surface area contributed by atoms with Gasteiger partial charge < -0.3 is 14.3 Å². The van der Waals surface area contributed by atoms with Crippen LogP contribution in [-0.2, 0) is 11.2 Å². The predicted molar refractivity (Wildman–Crippen MR) is 82.6 cm³/mol. The molecular weight excluding hydrogens is 284 g/mol. The van der Waals surface area contributed by atoms with Crippen LogP contribution in [0.5, 0.6) is 5.75 Å². The Morgan fingerprint density at radius 1 is 1.18 bits per heavy atom. The maximum atomic E-state index is 12.6. The summed E-state index contributed by atoms with van der Waals surface area (Å²) >= 11 is 0. The summed E-state index contributed by atoms with van der Waals surface area (Å²) in [5.41, 5.74) is 1.76. The second-order valence-corrected chi connectivity index (χ2v) is 5.07. The van der Waals surface area contributed by atoms with Gasteiger partial charge in [0.25, 0.3) is 0 Å². The summed E-state index contributed by atoms with van der Waals surface area (Å²) in [6.07, 6.45) is -0.200. The zero-order valence-electron chi connectivity index (χ0n) is 12.2. The van der Waals surface area contributed by atoms with Gasteiger partial charge in [-0.3, -0.25) is 9.59 Å². The molecule has 0 unspecified atom stereocenters. The fraction of sp³-hybridized carbons (Fsp3) is 0.176. The molecule has 0 saturated carbocycles. The molecule has 3 aromatic rings. The third kappa shape index (κ3) is 2.11. The van der Waals surface area contributed by atoms with Gasteiger partial charge in [0.05, 0.1) is 24.3 Å². The normalized spacial score (nSPS) is 11.0. The minimum atomic E-state index is -0.974. The van der Waals surface area contributed by atoms with Crippen molar-refractivity contribution in [2.45, 2.75) is 13.3 Å². The van der Waals surface area contributed by atoms with E-state index in [1.165, 1.54) is 0 Å². The lowest BCUT2D eigenvalue weighted by Gasteiger charge is -2.09. The van der Waals surface area contributed by atoms with Crippen LogP contribution in [-0.4, -0.2) is 18.2 Å². The van der Waals surface area contributed by atoms with Gasteiger partial charge >= 0.3 is 5.97 Å². The molecule has 0 aliphatic rings. The molecule has 0 radical (unpaired) electrons. The molecular formula is C17H14O5. The number of rotatable bonds is 3. The van der Waals surface area contributed by atoms with Crippen molar-refractivity contribution in [3.05, 3.63) is 51.7 Å². The highest BCUT2D eigenvalue weighted by atomic mass is 16.5. The van der Waals surface area contributed by atoms with E-state index in [9.17, 15) is 9.59 Å². The first-order chi connectivity index (χ1) is 10.5. The number of hydrogen-bond acceptors (Lipinski definition) is 4. The number of benzene rings is 2. The van der Waals surface area contributed by atoms with Crippen molar-refractivity contribution in [2.75, 3.05) is 7.11 Å². The number of methoxy groups -OCH3 is 1. The van der Waals surface area contributed by atoms with Gasteiger partial charge in [-0.2, -0.15) is 0 Å². The van der Waals surface area contributed by atoms with Crippen LogP contribution in [0, 0.1) is 6.92 Å². The number of carboxylic acids is 1. The highest BCUT2D eigenvalue weighted by molar-refractivity contribution is 5.94. The summed E-state index contributed by atoms with van der Waals surface area (Å²) < 4.78 is 11.1. The lowest BCUT2D eigenvalue weighted by molar-refractivity contribution is -0.136. The molecule has 2 aromatic carbocycles. The number of hydrogen-bond donors (Lipinski definition) is 1. The molecule has 1 N–H and O–H groups in total.